The molecule has 0 heterocycles. The largest absolute Gasteiger partial charge is 0.389 e. The van der Waals surface area contributed by atoms with E-state index in [9.17, 15) is 5.11 Å². The van der Waals surface area contributed by atoms with Gasteiger partial charge in [0.25, 0.3) is 0 Å². The molecule has 1 rings (SSSR count). The number of hydrogen-bond donors (Lipinski definition) is 2. The van der Waals surface area contributed by atoms with Crippen LogP contribution in [0.1, 0.15) is 19.3 Å². The standard InChI is InChI=1S/C11H24N2O2/c1-13(2)11(5-4-6-11)9-12-7-10(14)8-15-3/h10,12,14H,4-9H2,1-3H3. The van der Waals surface area contributed by atoms with Gasteiger partial charge < -0.3 is 20.1 Å². The third-order valence-electron chi connectivity index (χ3n) is 3.43. The van der Waals surface area contributed by atoms with E-state index in [2.05, 4.69) is 24.3 Å². The molecular formula is C11H24N2O2. The molecule has 2 N–H and O–H groups in total. The molecule has 4 nitrogen and oxygen atoms in total. The summed E-state index contributed by atoms with van der Waals surface area (Å²) in [6.45, 7) is 1.98. The molecule has 0 radical (unpaired) electrons. The Kier molecular flexibility index (Phi) is 4.99. The van der Waals surface area contributed by atoms with Crippen LogP contribution in [0.2, 0.25) is 0 Å². The summed E-state index contributed by atoms with van der Waals surface area (Å²) in [5.74, 6) is 0. The van der Waals surface area contributed by atoms with Crippen molar-refractivity contribution in [1.82, 2.24) is 10.2 Å². The van der Waals surface area contributed by atoms with Crippen molar-refractivity contribution in [2.24, 2.45) is 0 Å². The van der Waals surface area contributed by atoms with Crippen LogP contribution < -0.4 is 5.32 Å². The van der Waals surface area contributed by atoms with Crippen molar-refractivity contribution in [3.05, 3.63) is 0 Å². The van der Waals surface area contributed by atoms with Crippen LogP contribution in [-0.2, 0) is 4.74 Å². The third kappa shape index (κ3) is 3.41. The van der Waals surface area contributed by atoms with Crippen molar-refractivity contribution in [2.75, 3.05) is 40.9 Å². The molecule has 0 amide bonds. The van der Waals surface area contributed by atoms with Crippen LogP contribution in [0.5, 0.6) is 0 Å². The topological polar surface area (TPSA) is 44.7 Å². The lowest BCUT2D eigenvalue weighted by Gasteiger charge is -2.47. The number of likely N-dealkylation sites (N-methyl/N-ethyl adjacent to an activating group) is 1. The summed E-state index contributed by atoms with van der Waals surface area (Å²) in [5.41, 5.74) is 0.326. The monoisotopic (exact) mass is 216 g/mol. The number of aliphatic hydroxyl groups is 1. The zero-order valence-electron chi connectivity index (χ0n) is 10.1. The number of aliphatic hydroxyl groups excluding tert-OH is 1. The fraction of sp³-hybridized carbons (Fsp3) is 1.00. The zero-order chi connectivity index (χ0) is 11.3. The van der Waals surface area contributed by atoms with Gasteiger partial charge in [-0.25, -0.2) is 0 Å². The molecule has 1 saturated carbocycles. The summed E-state index contributed by atoms with van der Waals surface area (Å²) in [4.78, 5) is 2.30. The second-order valence-electron chi connectivity index (χ2n) is 4.71. The first kappa shape index (κ1) is 12.9. The van der Waals surface area contributed by atoms with E-state index in [1.807, 2.05) is 0 Å². The molecule has 0 saturated heterocycles. The molecule has 1 aliphatic carbocycles. The van der Waals surface area contributed by atoms with Gasteiger partial charge in [-0.1, -0.05) is 0 Å². The molecule has 1 aliphatic rings. The van der Waals surface area contributed by atoms with E-state index < -0.39 is 6.10 Å². The van der Waals surface area contributed by atoms with Crippen molar-refractivity contribution in [1.29, 1.82) is 0 Å². The Hall–Kier alpha value is -0.160. The van der Waals surface area contributed by atoms with E-state index in [-0.39, 0.29) is 0 Å². The number of hydrogen-bond acceptors (Lipinski definition) is 4. The van der Waals surface area contributed by atoms with Gasteiger partial charge in [-0.05, 0) is 33.4 Å². The summed E-state index contributed by atoms with van der Waals surface area (Å²) in [7, 11) is 5.87. The minimum atomic E-state index is -0.394. The van der Waals surface area contributed by atoms with Crippen LogP contribution in [-0.4, -0.2) is 62.6 Å². The van der Waals surface area contributed by atoms with Gasteiger partial charge in [0, 0.05) is 25.7 Å². The number of ether oxygens (including phenoxy) is 1. The fourth-order valence-corrected chi connectivity index (χ4v) is 2.09. The highest BCUT2D eigenvalue weighted by atomic mass is 16.5. The summed E-state index contributed by atoms with van der Waals surface area (Å²) >= 11 is 0. The summed E-state index contributed by atoms with van der Waals surface area (Å²) in [5, 5.41) is 12.8. The maximum Gasteiger partial charge on any atom is 0.0897 e. The molecule has 1 fully saturated rings. The lowest BCUT2D eigenvalue weighted by Crippen LogP contribution is -2.57. The SMILES string of the molecule is COCC(O)CNCC1(N(C)C)CCC1. The molecule has 0 aliphatic heterocycles. The predicted octanol–water partition coefficient (Wildman–Crippen LogP) is 0.0676. The minimum Gasteiger partial charge on any atom is -0.389 e. The normalized spacial score (nSPS) is 21.4. The maximum absolute atomic E-state index is 9.47. The van der Waals surface area contributed by atoms with E-state index in [4.69, 9.17) is 4.74 Å². The molecule has 1 atom stereocenters. The molecule has 0 aromatic rings. The van der Waals surface area contributed by atoms with Crippen LogP contribution >= 0.6 is 0 Å². The minimum absolute atomic E-state index is 0.326. The molecule has 1 unspecified atom stereocenters. The maximum atomic E-state index is 9.47. The molecule has 90 valence electrons. The summed E-state index contributed by atoms with van der Waals surface area (Å²) in [6.07, 6.45) is 3.44. The van der Waals surface area contributed by atoms with Gasteiger partial charge in [0.15, 0.2) is 0 Å². The highest BCUT2D eigenvalue weighted by Gasteiger charge is 2.38. The second-order valence-corrected chi connectivity index (χ2v) is 4.71. The number of rotatable bonds is 7. The smallest absolute Gasteiger partial charge is 0.0897 e. The van der Waals surface area contributed by atoms with E-state index in [1.54, 1.807) is 7.11 Å². The Morgan fingerprint density at radius 1 is 1.47 bits per heavy atom. The van der Waals surface area contributed by atoms with Gasteiger partial charge in [-0.15, -0.1) is 0 Å². The zero-order valence-corrected chi connectivity index (χ0v) is 10.1. The molecule has 0 aromatic carbocycles. The van der Waals surface area contributed by atoms with E-state index in [0.29, 0.717) is 18.7 Å². The van der Waals surface area contributed by atoms with E-state index in [0.717, 1.165) is 6.54 Å². The highest BCUT2D eigenvalue weighted by Crippen LogP contribution is 2.35. The van der Waals surface area contributed by atoms with Gasteiger partial charge in [-0.2, -0.15) is 0 Å². The Morgan fingerprint density at radius 2 is 2.13 bits per heavy atom. The van der Waals surface area contributed by atoms with Gasteiger partial charge >= 0.3 is 0 Å². The number of methoxy groups -OCH3 is 1. The lowest BCUT2D eigenvalue weighted by molar-refractivity contribution is 0.0418. The van der Waals surface area contributed by atoms with Gasteiger partial charge in [-0.3, -0.25) is 0 Å². The fourth-order valence-electron chi connectivity index (χ4n) is 2.09. The van der Waals surface area contributed by atoms with Crippen molar-refractivity contribution in [3.63, 3.8) is 0 Å². The van der Waals surface area contributed by atoms with Crippen LogP contribution in [0.25, 0.3) is 0 Å². The molecule has 0 bridgehead atoms. The number of nitrogens with zero attached hydrogens (tertiary/aromatic N) is 1. The quantitative estimate of drug-likeness (QED) is 0.632. The molecule has 4 heteroatoms. The molecular weight excluding hydrogens is 192 g/mol. The molecule has 15 heavy (non-hydrogen) atoms. The second kappa shape index (κ2) is 5.80. The van der Waals surface area contributed by atoms with Gasteiger partial charge in [0.05, 0.1) is 12.7 Å². The van der Waals surface area contributed by atoms with E-state index in [1.165, 1.54) is 19.3 Å². The Bertz CT molecular complexity index is 181. The average molecular weight is 216 g/mol. The van der Waals surface area contributed by atoms with Gasteiger partial charge in [0.2, 0.25) is 0 Å². The van der Waals surface area contributed by atoms with Gasteiger partial charge in [0.1, 0.15) is 0 Å². The Morgan fingerprint density at radius 3 is 2.53 bits per heavy atom. The van der Waals surface area contributed by atoms with Crippen LogP contribution in [0.4, 0.5) is 0 Å². The predicted molar refractivity (Wildman–Crippen MR) is 61.0 cm³/mol. The highest BCUT2D eigenvalue weighted by molar-refractivity contribution is 4.97. The Labute approximate surface area is 92.6 Å². The third-order valence-corrected chi connectivity index (χ3v) is 3.43. The van der Waals surface area contributed by atoms with E-state index >= 15 is 0 Å². The molecule has 0 aromatic heterocycles. The van der Waals surface area contributed by atoms with Crippen LogP contribution in [0.3, 0.4) is 0 Å². The van der Waals surface area contributed by atoms with Crippen LogP contribution in [0, 0.1) is 0 Å². The van der Waals surface area contributed by atoms with Crippen molar-refractivity contribution in [2.45, 2.75) is 30.9 Å². The molecule has 0 spiro atoms. The average Bonchev–Trinajstić information content (AvgIpc) is 2.09. The lowest BCUT2D eigenvalue weighted by atomic mass is 9.75. The number of nitrogens with one attached hydrogen (secondary N) is 1. The summed E-state index contributed by atoms with van der Waals surface area (Å²) in [6, 6.07) is 0. The van der Waals surface area contributed by atoms with Crippen molar-refractivity contribution >= 4 is 0 Å². The van der Waals surface area contributed by atoms with Crippen LogP contribution in [0.15, 0.2) is 0 Å². The first-order chi connectivity index (χ1) is 7.10. The van der Waals surface area contributed by atoms with Crippen molar-refractivity contribution in [3.8, 4) is 0 Å². The summed E-state index contributed by atoms with van der Waals surface area (Å²) < 4.78 is 4.87. The van der Waals surface area contributed by atoms with Crippen molar-refractivity contribution < 1.29 is 9.84 Å². The Balaban J connectivity index is 2.18. The first-order valence-corrected chi connectivity index (χ1v) is 5.66. The first-order valence-electron chi connectivity index (χ1n) is 5.66.